The number of aliphatic hydroxyl groups excluding tert-OH is 1. The summed E-state index contributed by atoms with van der Waals surface area (Å²) in [6.45, 7) is 5.38. The van der Waals surface area contributed by atoms with Crippen molar-refractivity contribution in [3.63, 3.8) is 0 Å². The first kappa shape index (κ1) is 51.9. The van der Waals surface area contributed by atoms with Gasteiger partial charge in [-0.3, -0.25) is 4.79 Å². The van der Waals surface area contributed by atoms with Crippen LogP contribution in [-0.2, 0) is 14.3 Å². The van der Waals surface area contributed by atoms with Gasteiger partial charge in [-0.1, -0.05) is 231 Å². The van der Waals surface area contributed by atoms with Gasteiger partial charge < -0.3 is 14.6 Å². The van der Waals surface area contributed by atoms with Crippen LogP contribution in [0, 0.1) is 0 Å². The first-order valence-electron chi connectivity index (χ1n) is 23.9. The van der Waals surface area contributed by atoms with E-state index in [2.05, 4.69) is 38.2 Å². The quantitative estimate of drug-likeness (QED) is 0.0383. The second-order valence-corrected chi connectivity index (χ2v) is 16.2. The van der Waals surface area contributed by atoms with Gasteiger partial charge in [0.1, 0.15) is 6.10 Å². The number of rotatable bonds is 45. The van der Waals surface area contributed by atoms with Gasteiger partial charge in [0.2, 0.25) is 0 Å². The highest BCUT2D eigenvalue weighted by Crippen LogP contribution is 2.16. The first-order chi connectivity index (χ1) is 26.2. The number of carbonyl (C=O) groups is 1. The molecule has 0 fully saturated rings. The molecule has 0 aliphatic carbocycles. The van der Waals surface area contributed by atoms with Gasteiger partial charge in [-0.2, -0.15) is 0 Å². The summed E-state index contributed by atoms with van der Waals surface area (Å²) >= 11 is 0. The van der Waals surface area contributed by atoms with Crippen LogP contribution in [0.4, 0.5) is 0 Å². The molecule has 0 aliphatic rings. The van der Waals surface area contributed by atoms with Gasteiger partial charge in [-0.15, -0.1) is 0 Å². The Bertz CT molecular complexity index is 747. The summed E-state index contributed by atoms with van der Waals surface area (Å²) in [5.74, 6) is -0.200. The second kappa shape index (κ2) is 47.0. The van der Waals surface area contributed by atoms with Crippen molar-refractivity contribution in [2.24, 2.45) is 0 Å². The molecule has 0 aromatic rings. The second-order valence-electron chi connectivity index (χ2n) is 16.2. The molecule has 0 rings (SSSR count). The summed E-state index contributed by atoms with van der Waals surface area (Å²) in [4.78, 5) is 12.2. The average Bonchev–Trinajstić information content (AvgIpc) is 3.16. The Kier molecular flexibility index (Phi) is 46.0. The molecule has 0 heterocycles. The Balaban J connectivity index is 3.38. The van der Waals surface area contributed by atoms with Gasteiger partial charge in [-0.25, -0.2) is 0 Å². The van der Waals surface area contributed by atoms with Crippen molar-refractivity contribution in [3.05, 3.63) is 24.3 Å². The summed E-state index contributed by atoms with van der Waals surface area (Å²) in [5, 5.41) is 9.63. The van der Waals surface area contributed by atoms with Crippen LogP contribution < -0.4 is 0 Å². The van der Waals surface area contributed by atoms with E-state index in [4.69, 9.17) is 9.47 Å². The summed E-state index contributed by atoms with van der Waals surface area (Å²) in [6, 6.07) is 0. The summed E-state index contributed by atoms with van der Waals surface area (Å²) in [7, 11) is 0. The number of hydrogen-bond donors (Lipinski definition) is 1. The van der Waals surface area contributed by atoms with Crippen LogP contribution in [0.1, 0.15) is 258 Å². The maximum absolute atomic E-state index is 12.2. The zero-order valence-corrected chi connectivity index (χ0v) is 36.1. The normalized spacial score (nSPS) is 12.4. The Morgan fingerprint density at radius 2 is 0.792 bits per heavy atom. The third-order valence-electron chi connectivity index (χ3n) is 10.8. The highest BCUT2D eigenvalue weighted by molar-refractivity contribution is 5.69. The van der Waals surface area contributed by atoms with Crippen LogP contribution in [0.15, 0.2) is 24.3 Å². The molecule has 1 atom stereocenters. The van der Waals surface area contributed by atoms with E-state index in [9.17, 15) is 9.90 Å². The molecule has 314 valence electrons. The molecule has 1 N–H and O–H groups in total. The lowest BCUT2D eigenvalue weighted by molar-refractivity contribution is -0.154. The lowest BCUT2D eigenvalue weighted by Crippen LogP contribution is -2.27. The molecule has 0 aliphatic heterocycles. The zero-order chi connectivity index (χ0) is 38.4. The minimum Gasteiger partial charge on any atom is -0.457 e. The fraction of sp³-hybridized carbons (Fsp3) is 0.898. The smallest absolute Gasteiger partial charge is 0.306 e. The minimum atomic E-state index is -0.533. The van der Waals surface area contributed by atoms with Gasteiger partial charge in [0, 0.05) is 13.0 Å². The van der Waals surface area contributed by atoms with Crippen molar-refractivity contribution in [1.82, 2.24) is 0 Å². The van der Waals surface area contributed by atoms with Crippen molar-refractivity contribution < 1.29 is 19.4 Å². The molecule has 0 bridgehead atoms. The maximum atomic E-state index is 12.2. The molecule has 4 heteroatoms. The number of hydrogen-bond acceptors (Lipinski definition) is 4. The van der Waals surface area contributed by atoms with E-state index in [-0.39, 0.29) is 12.6 Å². The molecule has 1 unspecified atom stereocenters. The lowest BCUT2D eigenvalue weighted by atomic mass is 10.0. The van der Waals surface area contributed by atoms with Crippen LogP contribution in [0.5, 0.6) is 0 Å². The van der Waals surface area contributed by atoms with Crippen LogP contribution in [-0.4, -0.2) is 37.0 Å². The molecular formula is C49H94O4. The van der Waals surface area contributed by atoms with Crippen molar-refractivity contribution >= 4 is 5.97 Å². The van der Waals surface area contributed by atoms with E-state index < -0.39 is 6.10 Å². The number of unbranched alkanes of at least 4 members (excludes halogenated alkanes) is 33. The van der Waals surface area contributed by atoms with E-state index in [1.54, 1.807) is 0 Å². The standard InChI is InChI=1S/C49H94O4/c1-3-5-7-9-11-13-15-17-19-21-23-25-26-28-30-32-34-36-38-40-42-44-49(51)53-48(46-50)47-52-45-43-41-39-37-35-33-31-29-27-24-22-20-18-16-14-12-10-8-6-4-2/h15,17,21,23,48,50H,3-14,16,18-20,22,24-47H2,1-2H3/b17-15-,23-21-. The Labute approximate surface area is 332 Å². The van der Waals surface area contributed by atoms with Gasteiger partial charge in [0.25, 0.3) is 0 Å². The molecule has 4 nitrogen and oxygen atoms in total. The molecule has 0 radical (unpaired) electrons. The molecule has 0 amide bonds. The van der Waals surface area contributed by atoms with Crippen molar-refractivity contribution in [1.29, 1.82) is 0 Å². The summed E-state index contributed by atoms with van der Waals surface area (Å²) in [5.41, 5.74) is 0. The Morgan fingerprint density at radius 3 is 1.17 bits per heavy atom. The SMILES string of the molecule is CCCCCCC/C=C\C/C=C\CCCCCCCCCCCC(=O)OC(CO)COCCCCCCCCCCCCCCCCCCCCCC. The third-order valence-corrected chi connectivity index (χ3v) is 10.8. The van der Waals surface area contributed by atoms with Gasteiger partial charge in [0.05, 0.1) is 13.2 Å². The van der Waals surface area contributed by atoms with Crippen LogP contribution in [0.2, 0.25) is 0 Å². The summed E-state index contributed by atoms with van der Waals surface area (Å²) in [6.07, 6.45) is 58.3. The van der Waals surface area contributed by atoms with Gasteiger partial charge in [0.15, 0.2) is 0 Å². The maximum Gasteiger partial charge on any atom is 0.306 e. The van der Waals surface area contributed by atoms with Crippen molar-refractivity contribution in [2.75, 3.05) is 19.8 Å². The lowest BCUT2D eigenvalue weighted by Gasteiger charge is -2.16. The highest BCUT2D eigenvalue weighted by Gasteiger charge is 2.13. The van der Waals surface area contributed by atoms with Crippen molar-refractivity contribution in [3.8, 4) is 0 Å². The molecule has 0 spiro atoms. The summed E-state index contributed by atoms with van der Waals surface area (Å²) < 4.78 is 11.2. The predicted molar refractivity (Wildman–Crippen MR) is 233 cm³/mol. The minimum absolute atomic E-state index is 0.169. The van der Waals surface area contributed by atoms with Crippen LogP contribution in [0.3, 0.4) is 0 Å². The molecule has 0 saturated heterocycles. The molecule has 0 aromatic heterocycles. The zero-order valence-electron chi connectivity index (χ0n) is 36.1. The first-order valence-corrected chi connectivity index (χ1v) is 23.9. The molecule has 53 heavy (non-hydrogen) atoms. The Hall–Kier alpha value is -1.13. The topological polar surface area (TPSA) is 55.8 Å². The monoisotopic (exact) mass is 747 g/mol. The largest absolute Gasteiger partial charge is 0.457 e. The molecule has 0 saturated carbocycles. The van der Waals surface area contributed by atoms with Gasteiger partial charge >= 0.3 is 5.97 Å². The highest BCUT2D eigenvalue weighted by atomic mass is 16.6. The number of esters is 1. The fourth-order valence-corrected chi connectivity index (χ4v) is 7.18. The number of carbonyl (C=O) groups excluding carboxylic acids is 1. The fourth-order valence-electron chi connectivity index (χ4n) is 7.18. The van der Waals surface area contributed by atoms with E-state index in [0.29, 0.717) is 19.6 Å². The predicted octanol–water partition coefficient (Wildman–Crippen LogP) is 15.9. The number of allylic oxidation sites excluding steroid dienone is 4. The number of aliphatic hydroxyl groups is 1. The molecular weight excluding hydrogens is 653 g/mol. The Morgan fingerprint density at radius 1 is 0.453 bits per heavy atom. The van der Waals surface area contributed by atoms with Crippen LogP contribution >= 0.6 is 0 Å². The van der Waals surface area contributed by atoms with E-state index in [1.165, 1.54) is 212 Å². The third kappa shape index (κ3) is 45.2. The van der Waals surface area contributed by atoms with E-state index in [1.807, 2.05) is 0 Å². The number of ether oxygens (including phenoxy) is 2. The van der Waals surface area contributed by atoms with Crippen molar-refractivity contribution in [2.45, 2.75) is 264 Å². The molecule has 0 aromatic carbocycles. The van der Waals surface area contributed by atoms with E-state index in [0.717, 1.165) is 25.7 Å². The van der Waals surface area contributed by atoms with Gasteiger partial charge in [-0.05, 0) is 44.9 Å². The van der Waals surface area contributed by atoms with E-state index >= 15 is 0 Å². The van der Waals surface area contributed by atoms with Crippen LogP contribution in [0.25, 0.3) is 0 Å². The average molecular weight is 747 g/mol.